The third-order valence-electron chi connectivity index (χ3n) is 16.4. The average molecular weight is 1010 g/mol. The lowest BCUT2D eigenvalue weighted by Crippen LogP contribution is -2.57. The van der Waals surface area contributed by atoms with E-state index < -0.39 is 0 Å². The van der Waals surface area contributed by atoms with Crippen molar-refractivity contribution in [1.29, 1.82) is 0 Å². The van der Waals surface area contributed by atoms with E-state index in [1.54, 1.807) is 0 Å². The molecule has 2 aromatic heterocycles. The van der Waals surface area contributed by atoms with E-state index in [0.29, 0.717) is 0 Å². The Balaban J connectivity index is 0.862. The van der Waals surface area contributed by atoms with Crippen LogP contribution in [0, 0.1) is 0 Å². The van der Waals surface area contributed by atoms with Gasteiger partial charge in [-0.05, 0) is 127 Å². The zero-order valence-electron chi connectivity index (χ0n) is 42.4. The molecule has 0 saturated carbocycles. The Bertz CT molecular complexity index is 4570. The Kier molecular flexibility index (Phi) is 10.3. The van der Waals surface area contributed by atoms with Crippen LogP contribution >= 0.6 is 11.3 Å². The summed E-state index contributed by atoms with van der Waals surface area (Å²) in [6.45, 7) is -0.00974. The topological polar surface area (TPSA) is 19.6 Å². The minimum atomic E-state index is -0.0815. The fraction of sp³-hybridized carbons (Fsp3) is 0. The lowest BCUT2D eigenvalue weighted by molar-refractivity contribution is 0.672. The Morgan fingerprint density at radius 1 is 0.295 bits per heavy atom. The molecule has 3 nitrogen and oxygen atoms in total. The van der Waals surface area contributed by atoms with Crippen LogP contribution in [0.25, 0.3) is 75.5 Å². The van der Waals surface area contributed by atoms with Gasteiger partial charge >= 0.3 is 0 Å². The van der Waals surface area contributed by atoms with Gasteiger partial charge in [0.25, 0.3) is 6.71 Å². The van der Waals surface area contributed by atoms with Crippen molar-refractivity contribution in [2.45, 2.75) is 0 Å². The van der Waals surface area contributed by atoms with Gasteiger partial charge in [0.05, 0.1) is 0 Å². The summed E-state index contributed by atoms with van der Waals surface area (Å²) in [5.74, 6) is 0. The van der Waals surface area contributed by atoms with E-state index >= 15 is 0 Å². The van der Waals surface area contributed by atoms with Crippen LogP contribution in [0.3, 0.4) is 0 Å². The summed E-state index contributed by atoms with van der Waals surface area (Å²) in [5.41, 5.74) is 23.1. The summed E-state index contributed by atoms with van der Waals surface area (Å²) in [4.78, 5) is 4.87. The van der Waals surface area contributed by atoms with Crippen LogP contribution in [0.5, 0.6) is 0 Å². The van der Waals surface area contributed by atoms with Gasteiger partial charge in [-0.1, -0.05) is 218 Å². The summed E-state index contributed by atoms with van der Waals surface area (Å²) in [6, 6.07) is 102. The van der Waals surface area contributed by atoms with Crippen molar-refractivity contribution in [2.24, 2.45) is 0 Å². The molecule has 14 aromatic rings. The molecule has 0 fully saturated rings. The van der Waals surface area contributed by atoms with Gasteiger partial charge in [0.1, 0.15) is 11.2 Å². The molecule has 16 rings (SSSR count). The Morgan fingerprint density at radius 2 is 0.756 bits per heavy atom. The third kappa shape index (κ3) is 6.93. The van der Waals surface area contributed by atoms with Crippen LogP contribution < -0.4 is 42.6 Å². The van der Waals surface area contributed by atoms with Gasteiger partial charge < -0.3 is 14.2 Å². The highest BCUT2D eigenvalue weighted by Gasteiger charge is 2.38. The summed E-state index contributed by atoms with van der Waals surface area (Å²) in [5, 5.41) is 4.85. The second-order valence-electron chi connectivity index (χ2n) is 20.6. The molecule has 0 bridgehead atoms. The zero-order chi connectivity index (χ0) is 51.3. The minimum Gasteiger partial charge on any atom is -0.456 e. The van der Waals surface area contributed by atoms with Crippen molar-refractivity contribution >= 4 is 134 Å². The van der Waals surface area contributed by atoms with E-state index in [1.807, 2.05) is 11.3 Å². The quantitative estimate of drug-likeness (QED) is 0.148. The lowest BCUT2D eigenvalue weighted by atomic mass is 9.35. The molecule has 12 aromatic carbocycles. The van der Waals surface area contributed by atoms with Crippen molar-refractivity contribution in [1.82, 2.24) is 0 Å². The highest BCUT2D eigenvalue weighted by molar-refractivity contribution is 7.27. The fourth-order valence-electron chi connectivity index (χ4n) is 13.0. The molecule has 0 amide bonds. The molecule has 0 unspecified atom stereocenters. The number of nitrogens with zero attached hydrogens (tertiary/aromatic N) is 2. The van der Waals surface area contributed by atoms with Crippen LogP contribution in [0.4, 0.5) is 34.1 Å². The maximum atomic E-state index is 7.54. The van der Waals surface area contributed by atoms with Crippen molar-refractivity contribution < 1.29 is 4.42 Å². The van der Waals surface area contributed by atoms with Gasteiger partial charge in [-0.3, -0.25) is 0 Å². The standard InChI is InChI=1S/C72H46B2N2OS/c1-3-20-47(21-4-1)49-22-17-23-50(46-49)54-45-44-53(69-57-28-19-33-62(70(57)77-71(54)69)73-58-29-8-12-35-64(58)75(51-24-5-2-6-25-51)65-36-13-9-30-59(65)73)48-40-42-52(43-41-48)76-66-37-14-10-31-60(66)74(61-32-11-15-38-67(61)76)63-34-18-27-56-55-26-7-16-39-68(55)78-72(56)63/h1-46H. The number of furan rings is 1. The SMILES string of the molecule is c1ccc(-c2cccc(-c3ccc(-c4ccc(N5c6ccccc6B(c6cccc7c6sc6ccccc67)c6ccccc65)cc4)c4c3oc3c(B5c6ccccc6N(c6ccccc6)c6ccccc65)cccc34)c2)cc1. The smallest absolute Gasteiger partial charge is 0.251 e. The number of fused-ring (bicyclic) bond motifs is 10. The van der Waals surface area contributed by atoms with Gasteiger partial charge in [-0.25, -0.2) is 0 Å². The summed E-state index contributed by atoms with van der Waals surface area (Å²) < 4.78 is 10.2. The Labute approximate surface area is 457 Å². The van der Waals surface area contributed by atoms with E-state index in [9.17, 15) is 0 Å². The van der Waals surface area contributed by atoms with E-state index in [-0.39, 0.29) is 13.4 Å². The van der Waals surface area contributed by atoms with Crippen molar-refractivity contribution in [3.63, 3.8) is 0 Å². The molecule has 0 saturated heterocycles. The lowest BCUT2D eigenvalue weighted by Gasteiger charge is -2.37. The first-order valence-electron chi connectivity index (χ1n) is 26.9. The second-order valence-corrected chi connectivity index (χ2v) is 21.7. The Hall–Kier alpha value is -9.61. The van der Waals surface area contributed by atoms with Crippen molar-refractivity contribution in [2.75, 3.05) is 9.80 Å². The molecule has 6 heteroatoms. The van der Waals surface area contributed by atoms with E-state index in [0.717, 1.165) is 61.0 Å². The number of benzene rings is 12. The summed E-state index contributed by atoms with van der Waals surface area (Å²) in [6.07, 6.45) is 0. The average Bonchev–Trinajstić information content (AvgIpc) is 4.21. The molecule has 0 atom stereocenters. The van der Waals surface area contributed by atoms with Gasteiger partial charge in [0, 0.05) is 65.2 Å². The Morgan fingerprint density at radius 3 is 1.41 bits per heavy atom. The molecule has 2 aliphatic heterocycles. The van der Waals surface area contributed by atoms with Gasteiger partial charge in [0.2, 0.25) is 6.71 Å². The number of anilines is 6. The first-order valence-corrected chi connectivity index (χ1v) is 27.7. The molecular weight excluding hydrogens is 962 g/mol. The predicted molar refractivity (Wildman–Crippen MR) is 334 cm³/mol. The van der Waals surface area contributed by atoms with Crippen LogP contribution in [0.15, 0.2) is 283 Å². The first kappa shape index (κ1) is 44.7. The molecular formula is C72H46B2N2OS. The fourth-order valence-corrected chi connectivity index (χ4v) is 14.3. The maximum absolute atomic E-state index is 7.54. The van der Waals surface area contributed by atoms with E-state index in [2.05, 4.69) is 289 Å². The van der Waals surface area contributed by atoms with Gasteiger partial charge in [-0.15, -0.1) is 11.3 Å². The monoisotopic (exact) mass is 1010 g/mol. The van der Waals surface area contributed by atoms with Crippen molar-refractivity contribution in [3.8, 4) is 33.4 Å². The van der Waals surface area contributed by atoms with Crippen LogP contribution in [-0.4, -0.2) is 13.4 Å². The highest BCUT2D eigenvalue weighted by atomic mass is 32.1. The third-order valence-corrected chi connectivity index (χ3v) is 17.7. The second kappa shape index (κ2) is 18.0. The molecule has 0 N–H and O–H groups in total. The minimum absolute atomic E-state index is 0.0718. The summed E-state index contributed by atoms with van der Waals surface area (Å²) >= 11 is 1.91. The normalized spacial score (nSPS) is 12.8. The van der Waals surface area contributed by atoms with Crippen LogP contribution in [-0.2, 0) is 0 Å². The predicted octanol–water partition coefficient (Wildman–Crippen LogP) is 15.6. The highest BCUT2D eigenvalue weighted by Crippen LogP contribution is 2.45. The zero-order valence-corrected chi connectivity index (χ0v) is 43.2. The molecule has 4 heterocycles. The molecule has 0 spiro atoms. The number of hydrogen-bond acceptors (Lipinski definition) is 4. The molecule has 362 valence electrons. The van der Waals surface area contributed by atoms with E-state index in [4.69, 9.17) is 4.42 Å². The van der Waals surface area contributed by atoms with E-state index in [1.165, 1.54) is 81.4 Å². The number of thiophene rings is 1. The molecule has 2 aliphatic rings. The molecule has 0 aliphatic carbocycles. The van der Waals surface area contributed by atoms with Gasteiger partial charge in [0.15, 0.2) is 0 Å². The number of rotatable bonds is 7. The largest absolute Gasteiger partial charge is 0.456 e. The van der Waals surface area contributed by atoms with Crippen molar-refractivity contribution in [3.05, 3.63) is 279 Å². The number of para-hydroxylation sites is 6. The molecule has 0 radical (unpaired) electrons. The first-order chi connectivity index (χ1) is 38.7. The number of hydrogen-bond donors (Lipinski definition) is 0. The maximum Gasteiger partial charge on any atom is 0.251 e. The molecule has 78 heavy (non-hydrogen) atoms. The summed E-state index contributed by atoms with van der Waals surface area (Å²) in [7, 11) is 0. The van der Waals surface area contributed by atoms with Gasteiger partial charge in [-0.2, -0.15) is 0 Å². The van der Waals surface area contributed by atoms with Crippen LogP contribution in [0.1, 0.15) is 0 Å². The van der Waals surface area contributed by atoms with Crippen LogP contribution in [0.2, 0.25) is 0 Å².